The zero-order valence-corrected chi connectivity index (χ0v) is 17.7. The summed E-state index contributed by atoms with van der Waals surface area (Å²) in [5.74, 6) is 0.330. The quantitative estimate of drug-likeness (QED) is 0.625. The molecule has 0 aliphatic heterocycles. The largest absolute Gasteiger partial charge is 0.484 e. The maximum absolute atomic E-state index is 13.0. The second-order valence-electron chi connectivity index (χ2n) is 7.01. The van der Waals surface area contributed by atoms with Crippen LogP contribution in [0.15, 0.2) is 54.6 Å². The maximum Gasteiger partial charge on any atom is 0.261 e. The molecule has 5 heteroatoms. The highest BCUT2D eigenvalue weighted by Crippen LogP contribution is 2.15. The Labute approximate surface area is 174 Å². The number of rotatable bonds is 11. The zero-order chi connectivity index (χ0) is 21.1. The van der Waals surface area contributed by atoms with Crippen molar-refractivity contribution in [1.82, 2.24) is 10.2 Å². The van der Waals surface area contributed by atoms with Crippen LogP contribution in [-0.4, -0.2) is 35.9 Å². The van der Waals surface area contributed by atoms with Gasteiger partial charge in [0, 0.05) is 13.1 Å². The number of hydrogen-bond acceptors (Lipinski definition) is 3. The van der Waals surface area contributed by atoms with Gasteiger partial charge in [-0.3, -0.25) is 9.59 Å². The molecule has 0 fully saturated rings. The van der Waals surface area contributed by atoms with Crippen molar-refractivity contribution in [3.8, 4) is 5.75 Å². The Balaban J connectivity index is 2.13. The highest BCUT2D eigenvalue weighted by Gasteiger charge is 2.28. The number of aryl methyl sites for hydroxylation is 1. The molecule has 5 nitrogen and oxygen atoms in total. The Morgan fingerprint density at radius 1 is 0.966 bits per heavy atom. The van der Waals surface area contributed by atoms with Crippen molar-refractivity contribution in [3.63, 3.8) is 0 Å². The van der Waals surface area contributed by atoms with Gasteiger partial charge in [-0.15, -0.1) is 0 Å². The SMILES string of the molecule is CCCNC(=O)C(CC)N(Cc1ccccc1)C(=O)COc1ccc(CC)cc1. The molecule has 0 bridgehead atoms. The van der Waals surface area contributed by atoms with Crippen LogP contribution in [-0.2, 0) is 22.6 Å². The fourth-order valence-electron chi connectivity index (χ4n) is 3.11. The lowest BCUT2D eigenvalue weighted by atomic mass is 10.1. The second-order valence-corrected chi connectivity index (χ2v) is 7.01. The number of amides is 2. The summed E-state index contributed by atoms with van der Waals surface area (Å²) >= 11 is 0. The van der Waals surface area contributed by atoms with Crippen molar-refractivity contribution >= 4 is 11.8 Å². The van der Waals surface area contributed by atoms with Crippen LogP contribution in [0.25, 0.3) is 0 Å². The Hall–Kier alpha value is -2.82. The molecule has 2 amide bonds. The molecular weight excluding hydrogens is 364 g/mol. The summed E-state index contributed by atoms with van der Waals surface area (Å²) in [5.41, 5.74) is 2.20. The number of ether oxygens (including phenoxy) is 1. The van der Waals surface area contributed by atoms with Gasteiger partial charge in [0.15, 0.2) is 6.61 Å². The van der Waals surface area contributed by atoms with E-state index in [1.54, 1.807) is 4.90 Å². The van der Waals surface area contributed by atoms with Gasteiger partial charge in [0.05, 0.1) is 0 Å². The minimum Gasteiger partial charge on any atom is -0.484 e. The maximum atomic E-state index is 13.0. The number of nitrogens with one attached hydrogen (secondary N) is 1. The van der Waals surface area contributed by atoms with Gasteiger partial charge in [-0.1, -0.05) is 63.2 Å². The molecule has 1 N–H and O–H groups in total. The van der Waals surface area contributed by atoms with E-state index in [1.165, 1.54) is 5.56 Å². The second kappa shape index (κ2) is 11.9. The van der Waals surface area contributed by atoms with E-state index in [0.29, 0.717) is 25.3 Å². The molecule has 156 valence electrons. The summed E-state index contributed by atoms with van der Waals surface area (Å²) in [4.78, 5) is 27.3. The minimum absolute atomic E-state index is 0.101. The topological polar surface area (TPSA) is 58.6 Å². The van der Waals surface area contributed by atoms with E-state index >= 15 is 0 Å². The molecule has 1 unspecified atom stereocenters. The highest BCUT2D eigenvalue weighted by atomic mass is 16.5. The third kappa shape index (κ3) is 6.93. The fraction of sp³-hybridized carbons (Fsp3) is 0.417. The molecule has 29 heavy (non-hydrogen) atoms. The van der Waals surface area contributed by atoms with Crippen molar-refractivity contribution in [3.05, 3.63) is 65.7 Å². The van der Waals surface area contributed by atoms with Gasteiger partial charge < -0.3 is 15.0 Å². The molecule has 0 heterocycles. The first-order chi connectivity index (χ1) is 14.1. The first kappa shape index (κ1) is 22.5. The summed E-state index contributed by atoms with van der Waals surface area (Å²) in [5, 5.41) is 2.92. The number of carbonyl (C=O) groups is 2. The van der Waals surface area contributed by atoms with Crippen LogP contribution in [0, 0.1) is 0 Å². The lowest BCUT2D eigenvalue weighted by molar-refractivity contribution is -0.143. The lowest BCUT2D eigenvalue weighted by Gasteiger charge is -2.30. The van der Waals surface area contributed by atoms with Crippen molar-refractivity contribution in [2.24, 2.45) is 0 Å². The average molecular weight is 397 g/mol. The van der Waals surface area contributed by atoms with Gasteiger partial charge in [-0.05, 0) is 42.5 Å². The Bertz CT molecular complexity index is 759. The molecule has 1 atom stereocenters. The minimum atomic E-state index is -0.527. The van der Waals surface area contributed by atoms with Crippen LogP contribution in [0.1, 0.15) is 44.7 Å². The van der Waals surface area contributed by atoms with E-state index in [2.05, 4.69) is 12.2 Å². The molecule has 0 spiro atoms. The van der Waals surface area contributed by atoms with Crippen molar-refractivity contribution < 1.29 is 14.3 Å². The van der Waals surface area contributed by atoms with E-state index < -0.39 is 6.04 Å². The molecule has 0 aromatic heterocycles. The van der Waals surface area contributed by atoms with Gasteiger partial charge in [0.1, 0.15) is 11.8 Å². The van der Waals surface area contributed by atoms with Gasteiger partial charge in [-0.25, -0.2) is 0 Å². The number of hydrogen-bond donors (Lipinski definition) is 1. The number of benzene rings is 2. The van der Waals surface area contributed by atoms with E-state index in [0.717, 1.165) is 18.4 Å². The van der Waals surface area contributed by atoms with Gasteiger partial charge in [0.2, 0.25) is 5.91 Å². The first-order valence-corrected chi connectivity index (χ1v) is 10.4. The molecule has 0 saturated heterocycles. The molecule has 2 aromatic rings. The van der Waals surface area contributed by atoms with Gasteiger partial charge in [0.25, 0.3) is 5.91 Å². The van der Waals surface area contributed by atoms with Crippen LogP contribution in [0.4, 0.5) is 0 Å². The normalized spacial score (nSPS) is 11.6. The molecule has 0 saturated carbocycles. The fourth-order valence-corrected chi connectivity index (χ4v) is 3.11. The molecular formula is C24H32N2O3. The van der Waals surface area contributed by atoms with E-state index in [-0.39, 0.29) is 18.4 Å². The smallest absolute Gasteiger partial charge is 0.261 e. The van der Waals surface area contributed by atoms with Gasteiger partial charge >= 0.3 is 0 Å². The predicted molar refractivity (Wildman–Crippen MR) is 116 cm³/mol. The standard InChI is InChI=1S/C24H32N2O3/c1-4-16-25-24(28)22(6-3)26(17-20-10-8-7-9-11-20)23(27)18-29-21-14-12-19(5-2)13-15-21/h7-15,22H,4-6,16-18H2,1-3H3,(H,25,28). The van der Waals surface area contributed by atoms with Crippen LogP contribution < -0.4 is 10.1 Å². The van der Waals surface area contributed by atoms with E-state index in [1.807, 2.05) is 68.4 Å². The summed E-state index contributed by atoms with van der Waals surface area (Å²) in [6.45, 7) is 6.89. The Morgan fingerprint density at radius 2 is 1.66 bits per heavy atom. The van der Waals surface area contributed by atoms with E-state index in [4.69, 9.17) is 4.74 Å². The van der Waals surface area contributed by atoms with E-state index in [9.17, 15) is 9.59 Å². The van der Waals surface area contributed by atoms with Crippen LogP contribution in [0.3, 0.4) is 0 Å². The predicted octanol–water partition coefficient (Wildman–Crippen LogP) is 3.96. The monoisotopic (exact) mass is 396 g/mol. The van der Waals surface area contributed by atoms with Crippen molar-refractivity contribution in [1.29, 1.82) is 0 Å². The molecule has 0 radical (unpaired) electrons. The van der Waals surface area contributed by atoms with Crippen LogP contribution in [0.5, 0.6) is 5.75 Å². The number of nitrogens with zero attached hydrogens (tertiary/aromatic N) is 1. The summed E-state index contributed by atoms with van der Waals surface area (Å²) in [6, 6.07) is 16.9. The van der Waals surface area contributed by atoms with Crippen molar-refractivity contribution in [2.75, 3.05) is 13.2 Å². The summed E-state index contributed by atoms with van der Waals surface area (Å²) in [6.07, 6.45) is 2.35. The zero-order valence-electron chi connectivity index (χ0n) is 17.7. The molecule has 0 aliphatic rings. The van der Waals surface area contributed by atoms with Gasteiger partial charge in [-0.2, -0.15) is 0 Å². The molecule has 0 aliphatic carbocycles. The Morgan fingerprint density at radius 3 is 2.24 bits per heavy atom. The summed E-state index contributed by atoms with van der Waals surface area (Å²) in [7, 11) is 0. The summed E-state index contributed by atoms with van der Waals surface area (Å²) < 4.78 is 5.72. The Kier molecular flexibility index (Phi) is 9.22. The first-order valence-electron chi connectivity index (χ1n) is 10.4. The molecule has 2 rings (SSSR count). The van der Waals surface area contributed by atoms with Crippen LogP contribution >= 0.6 is 0 Å². The number of carbonyl (C=O) groups excluding carboxylic acids is 2. The average Bonchev–Trinajstić information content (AvgIpc) is 2.76. The molecule has 2 aromatic carbocycles. The third-order valence-electron chi connectivity index (χ3n) is 4.82. The van der Waals surface area contributed by atoms with Crippen molar-refractivity contribution in [2.45, 2.75) is 52.6 Å². The third-order valence-corrected chi connectivity index (χ3v) is 4.82. The lowest BCUT2D eigenvalue weighted by Crippen LogP contribution is -2.50. The van der Waals surface area contributed by atoms with Crippen LogP contribution in [0.2, 0.25) is 0 Å². The highest BCUT2D eigenvalue weighted by molar-refractivity contribution is 5.88.